The molecule has 1 heterocycles. The Morgan fingerprint density at radius 1 is 1.12 bits per heavy atom. The van der Waals surface area contributed by atoms with E-state index in [1.165, 1.54) is 23.3 Å². The molecule has 3 aromatic rings. The Hall–Kier alpha value is -2.44. The van der Waals surface area contributed by atoms with Gasteiger partial charge in [0.05, 0.1) is 12.0 Å². The molecular formula is C20H20N2O2S2. The Labute approximate surface area is 161 Å². The maximum Gasteiger partial charge on any atom is 0.265 e. The van der Waals surface area contributed by atoms with E-state index in [0.29, 0.717) is 4.88 Å². The van der Waals surface area contributed by atoms with Crippen LogP contribution >= 0.6 is 23.3 Å². The predicted octanol–water partition coefficient (Wildman–Crippen LogP) is 5.67. The molecule has 0 atom stereocenters. The summed E-state index contributed by atoms with van der Waals surface area (Å²) < 4.78 is 8.55. The molecule has 2 N–H and O–H groups in total. The maximum absolute atomic E-state index is 12.6. The highest BCUT2D eigenvalue weighted by molar-refractivity contribution is 7.99. The van der Waals surface area contributed by atoms with Gasteiger partial charge in [-0.3, -0.25) is 4.79 Å². The average Bonchev–Trinajstić information content (AvgIpc) is 3.12. The zero-order valence-corrected chi connectivity index (χ0v) is 16.5. The van der Waals surface area contributed by atoms with Crippen LogP contribution in [-0.4, -0.2) is 19.3 Å². The Morgan fingerprint density at radius 3 is 2.65 bits per heavy atom. The maximum atomic E-state index is 12.6. The molecular weight excluding hydrogens is 364 g/mol. The van der Waals surface area contributed by atoms with Crippen LogP contribution in [0, 0.1) is 6.92 Å². The van der Waals surface area contributed by atoms with E-state index in [-0.39, 0.29) is 5.91 Å². The van der Waals surface area contributed by atoms with E-state index in [9.17, 15) is 4.79 Å². The van der Waals surface area contributed by atoms with Crippen LogP contribution in [0.25, 0.3) is 11.1 Å². The van der Waals surface area contributed by atoms with Gasteiger partial charge in [0.1, 0.15) is 5.75 Å². The number of benzene rings is 2. The van der Waals surface area contributed by atoms with Crippen LogP contribution in [0.3, 0.4) is 0 Å². The Kier molecular flexibility index (Phi) is 5.85. The lowest BCUT2D eigenvalue weighted by Gasteiger charge is -2.09. The zero-order valence-electron chi connectivity index (χ0n) is 14.8. The molecule has 0 fully saturated rings. The van der Waals surface area contributed by atoms with Crippen LogP contribution in [-0.2, 0) is 0 Å². The van der Waals surface area contributed by atoms with Gasteiger partial charge < -0.3 is 14.8 Å². The SMILES string of the molecule is COc1cccc(-c2csc(C(=O)Nc3cccc(NSC)c3)c2)c1C. The van der Waals surface area contributed by atoms with E-state index in [4.69, 9.17) is 4.74 Å². The quantitative estimate of drug-likeness (QED) is 0.537. The number of anilines is 2. The highest BCUT2D eigenvalue weighted by Gasteiger charge is 2.13. The minimum atomic E-state index is -0.108. The van der Waals surface area contributed by atoms with Crippen molar-refractivity contribution in [2.75, 3.05) is 23.4 Å². The number of amides is 1. The Morgan fingerprint density at radius 2 is 1.88 bits per heavy atom. The summed E-state index contributed by atoms with van der Waals surface area (Å²) >= 11 is 2.95. The van der Waals surface area contributed by atoms with Crippen molar-refractivity contribution in [3.8, 4) is 16.9 Å². The summed E-state index contributed by atoms with van der Waals surface area (Å²) in [7, 11) is 1.67. The van der Waals surface area contributed by atoms with Gasteiger partial charge in [-0.25, -0.2) is 0 Å². The van der Waals surface area contributed by atoms with Crippen LogP contribution < -0.4 is 14.8 Å². The summed E-state index contributed by atoms with van der Waals surface area (Å²) in [5, 5.41) is 4.96. The number of thiophene rings is 1. The molecule has 3 rings (SSSR count). The number of carbonyl (C=O) groups is 1. The van der Waals surface area contributed by atoms with Gasteiger partial charge in [0.2, 0.25) is 0 Å². The summed E-state index contributed by atoms with van der Waals surface area (Å²) in [6.07, 6.45) is 1.96. The Bertz CT molecular complexity index is 922. The van der Waals surface area contributed by atoms with E-state index in [0.717, 1.165) is 33.8 Å². The number of rotatable bonds is 6. The number of nitrogens with one attached hydrogen (secondary N) is 2. The van der Waals surface area contributed by atoms with Crippen molar-refractivity contribution in [2.24, 2.45) is 0 Å². The molecule has 6 heteroatoms. The number of carbonyl (C=O) groups excluding carboxylic acids is 1. The van der Waals surface area contributed by atoms with Crippen LogP contribution in [0.15, 0.2) is 53.9 Å². The topological polar surface area (TPSA) is 50.4 Å². The summed E-state index contributed by atoms with van der Waals surface area (Å²) in [5.41, 5.74) is 4.88. The average molecular weight is 385 g/mol. The van der Waals surface area contributed by atoms with Crippen molar-refractivity contribution < 1.29 is 9.53 Å². The molecule has 0 radical (unpaired) electrons. The van der Waals surface area contributed by atoms with Gasteiger partial charge in [0.25, 0.3) is 5.91 Å². The number of hydrogen-bond acceptors (Lipinski definition) is 5. The van der Waals surface area contributed by atoms with E-state index in [1.807, 2.05) is 67.1 Å². The molecule has 2 aromatic carbocycles. The van der Waals surface area contributed by atoms with E-state index >= 15 is 0 Å². The van der Waals surface area contributed by atoms with Gasteiger partial charge in [0, 0.05) is 17.6 Å². The number of hydrogen-bond donors (Lipinski definition) is 2. The molecule has 4 nitrogen and oxygen atoms in total. The van der Waals surface area contributed by atoms with E-state index in [2.05, 4.69) is 10.0 Å². The fourth-order valence-corrected chi connectivity index (χ4v) is 3.88. The molecule has 0 aliphatic carbocycles. The monoisotopic (exact) mass is 384 g/mol. The van der Waals surface area contributed by atoms with Crippen LogP contribution in [0.4, 0.5) is 11.4 Å². The third-order valence-electron chi connectivity index (χ3n) is 3.98. The third kappa shape index (κ3) is 4.03. The molecule has 0 aliphatic heterocycles. The van der Waals surface area contributed by atoms with Crippen molar-refractivity contribution in [1.29, 1.82) is 0 Å². The summed E-state index contributed by atoms with van der Waals surface area (Å²) in [6, 6.07) is 15.5. The van der Waals surface area contributed by atoms with Crippen LogP contribution in [0.1, 0.15) is 15.2 Å². The van der Waals surface area contributed by atoms with Crippen molar-refractivity contribution in [3.05, 3.63) is 64.4 Å². The van der Waals surface area contributed by atoms with Gasteiger partial charge in [0.15, 0.2) is 0 Å². The first kappa shape index (κ1) is 18.4. The van der Waals surface area contributed by atoms with Crippen LogP contribution in [0.5, 0.6) is 5.75 Å². The lowest BCUT2D eigenvalue weighted by molar-refractivity contribution is 0.103. The molecule has 0 aliphatic rings. The second-order valence-corrected chi connectivity index (χ2v) is 7.20. The minimum absolute atomic E-state index is 0.108. The normalized spacial score (nSPS) is 10.4. The zero-order chi connectivity index (χ0) is 18.5. The van der Waals surface area contributed by atoms with Crippen LogP contribution in [0.2, 0.25) is 0 Å². The van der Waals surface area contributed by atoms with Crippen molar-refractivity contribution in [3.63, 3.8) is 0 Å². The first-order chi connectivity index (χ1) is 12.6. The van der Waals surface area contributed by atoms with Crippen molar-refractivity contribution in [1.82, 2.24) is 0 Å². The second kappa shape index (κ2) is 8.29. The molecule has 134 valence electrons. The molecule has 0 bridgehead atoms. The molecule has 26 heavy (non-hydrogen) atoms. The van der Waals surface area contributed by atoms with E-state index in [1.54, 1.807) is 7.11 Å². The molecule has 0 spiro atoms. The molecule has 0 saturated heterocycles. The first-order valence-corrected chi connectivity index (χ1v) is 10.2. The lowest BCUT2D eigenvalue weighted by atomic mass is 10.0. The fraction of sp³-hybridized carbons (Fsp3) is 0.150. The smallest absolute Gasteiger partial charge is 0.265 e. The Balaban J connectivity index is 1.79. The largest absolute Gasteiger partial charge is 0.496 e. The first-order valence-electron chi connectivity index (χ1n) is 8.05. The molecule has 0 saturated carbocycles. The number of methoxy groups -OCH3 is 1. The van der Waals surface area contributed by atoms with E-state index < -0.39 is 0 Å². The molecule has 1 aromatic heterocycles. The minimum Gasteiger partial charge on any atom is -0.496 e. The van der Waals surface area contributed by atoms with Gasteiger partial charge in [-0.1, -0.05) is 30.1 Å². The highest BCUT2D eigenvalue weighted by Crippen LogP contribution is 2.33. The van der Waals surface area contributed by atoms with Gasteiger partial charge in [-0.05, 0) is 59.3 Å². The molecule has 0 unspecified atom stereocenters. The van der Waals surface area contributed by atoms with Crippen molar-refractivity contribution >= 4 is 40.6 Å². The van der Waals surface area contributed by atoms with Gasteiger partial charge >= 0.3 is 0 Å². The number of ether oxygens (including phenoxy) is 1. The van der Waals surface area contributed by atoms with Crippen molar-refractivity contribution in [2.45, 2.75) is 6.92 Å². The summed E-state index contributed by atoms with van der Waals surface area (Å²) in [4.78, 5) is 13.3. The lowest BCUT2D eigenvalue weighted by Crippen LogP contribution is -2.10. The standard InChI is InChI=1S/C20H20N2O2S2/c1-13-17(8-5-9-18(13)24-2)14-10-19(26-12-14)20(23)21-15-6-4-7-16(11-15)22-25-3/h4-12,22H,1-3H3,(H,21,23). The fourth-order valence-electron chi connectivity index (χ4n) is 2.72. The molecule has 1 amide bonds. The van der Waals surface area contributed by atoms with Gasteiger partial charge in [-0.2, -0.15) is 0 Å². The predicted molar refractivity (Wildman–Crippen MR) is 113 cm³/mol. The third-order valence-corrected chi connectivity index (χ3v) is 5.35. The summed E-state index contributed by atoms with van der Waals surface area (Å²) in [6.45, 7) is 2.02. The van der Waals surface area contributed by atoms with Gasteiger partial charge in [-0.15, -0.1) is 11.3 Å². The highest BCUT2D eigenvalue weighted by atomic mass is 32.2. The second-order valence-electron chi connectivity index (χ2n) is 5.67. The summed E-state index contributed by atoms with van der Waals surface area (Å²) in [5.74, 6) is 0.737.